The van der Waals surface area contributed by atoms with Crippen LogP contribution in [-0.4, -0.2) is 15.5 Å². The van der Waals surface area contributed by atoms with Gasteiger partial charge in [-0.1, -0.05) is 6.07 Å². The highest BCUT2D eigenvalue weighted by atomic mass is 16.4. The van der Waals surface area contributed by atoms with E-state index in [-0.39, 0.29) is 0 Å². The quantitative estimate of drug-likeness (QED) is 0.775. The topological polar surface area (TPSA) is 67.7 Å². The Hall–Kier alpha value is -1.81. The molecular formula is C11H12N2O2. The van der Waals surface area contributed by atoms with Gasteiger partial charge in [0.2, 0.25) is 0 Å². The zero-order chi connectivity index (χ0) is 11.0. The standard InChI is InChI=1S/C11H12N2O2/c1-7-6-8-4-2-3-5-13(8)10(7)9(12)11(14)15/h2-6,9H,12H2,1H3,(H,14,15). The summed E-state index contributed by atoms with van der Waals surface area (Å²) in [7, 11) is 0. The number of aromatic nitrogens is 1. The molecule has 78 valence electrons. The number of aliphatic carboxylic acids is 1. The number of aryl methyl sites for hydroxylation is 1. The summed E-state index contributed by atoms with van der Waals surface area (Å²) in [6.07, 6.45) is 1.82. The smallest absolute Gasteiger partial charge is 0.326 e. The molecule has 0 fully saturated rings. The Bertz CT molecular complexity index is 516. The second-order valence-electron chi connectivity index (χ2n) is 3.52. The highest BCUT2D eigenvalue weighted by Gasteiger charge is 2.20. The Kier molecular flexibility index (Phi) is 2.21. The monoisotopic (exact) mass is 204 g/mol. The SMILES string of the molecule is Cc1cc2ccccn2c1C(N)C(=O)O. The van der Waals surface area contributed by atoms with Crippen LogP contribution in [0.2, 0.25) is 0 Å². The maximum absolute atomic E-state index is 10.9. The van der Waals surface area contributed by atoms with Crippen molar-refractivity contribution < 1.29 is 9.90 Å². The zero-order valence-electron chi connectivity index (χ0n) is 8.34. The van der Waals surface area contributed by atoms with Gasteiger partial charge in [-0.15, -0.1) is 0 Å². The molecule has 0 aliphatic rings. The summed E-state index contributed by atoms with van der Waals surface area (Å²) < 4.78 is 1.81. The van der Waals surface area contributed by atoms with Crippen molar-refractivity contribution in [3.05, 3.63) is 41.7 Å². The van der Waals surface area contributed by atoms with E-state index in [0.717, 1.165) is 11.1 Å². The molecular weight excluding hydrogens is 192 g/mol. The highest BCUT2D eigenvalue weighted by molar-refractivity contribution is 5.76. The third-order valence-electron chi connectivity index (χ3n) is 2.48. The van der Waals surface area contributed by atoms with Gasteiger partial charge in [-0.25, -0.2) is 0 Å². The van der Waals surface area contributed by atoms with Crippen LogP contribution in [0.1, 0.15) is 17.3 Å². The lowest BCUT2D eigenvalue weighted by Crippen LogP contribution is -2.23. The van der Waals surface area contributed by atoms with Gasteiger partial charge in [0, 0.05) is 11.7 Å². The van der Waals surface area contributed by atoms with Crippen LogP contribution in [0.25, 0.3) is 5.52 Å². The largest absolute Gasteiger partial charge is 0.480 e. The molecule has 2 rings (SSSR count). The van der Waals surface area contributed by atoms with Crippen LogP contribution in [0.15, 0.2) is 30.5 Å². The molecule has 0 bridgehead atoms. The third kappa shape index (κ3) is 1.49. The second kappa shape index (κ2) is 3.40. The molecule has 0 amide bonds. The van der Waals surface area contributed by atoms with Crippen LogP contribution in [0.3, 0.4) is 0 Å². The van der Waals surface area contributed by atoms with E-state index in [9.17, 15) is 4.79 Å². The summed E-state index contributed by atoms with van der Waals surface area (Å²) in [4.78, 5) is 10.9. The number of carboxylic acids is 1. The minimum absolute atomic E-state index is 0.637. The number of nitrogens with zero attached hydrogens (tertiary/aromatic N) is 1. The lowest BCUT2D eigenvalue weighted by atomic mass is 10.1. The number of hydrogen-bond acceptors (Lipinski definition) is 2. The van der Waals surface area contributed by atoms with Crippen molar-refractivity contribution in [1.82, 2.24) is 4.40 Å². The Labute approximate surface area is 86.9 Å². The van der Waals surface area contributed by atoms with Crippen LogP contribution in [0.5, 0.6) is 0 Å². The van der Waals surface area contributed by atoms with Crippen LogP contribution in [0, 0.1) is 6.92 Å². The first kappa shape index (κ1) is 9.73. The molecule has 3 N–H and O–H groups in total. The minimum atomic E-state index is -1.01. The van der Waals surface area contributed by atoms with Gasteiger partial charge in [-0.3, -0.25) is 4.79 Å². The van der Waals surface area contributed by atoms with Gasteiger partial charge >= 0.3 is 5.97 Å². The maximum atomic E-state index is 10.9. The molecule has 1 atom stereocenters. The van der Waals surface area contributed by atoms with Gasteiger partial charge in [0.1, 0.15) is 6.04 Å². The van der Waals surface area contributed by atoms with Crippen LogP contribution in [0.4, 0.5) is 0 Å². The number of nitrogens with two attached hydrogens (primary N) is 1. The van der Waals surface area contributed by atoms with Gasteiger partial charge < -0.3 is 15.2 Å². The molecule has 0 saturated carbocycles. The van der Waals surface area contributed by atoms with Crippen LogP contribution < -0.4 is 5.73 Å². The summed E-state index contributed by atoms with van der Waals surface area (Å²) in [6, 6.07) is 6.63. The van der Waals surface area contributed by atoms with Crippen molar-refractivity contribution in [3.63, 3.8) is 0 Å². The number of hydrogen-bond donors (Lipinski definition) is 2. The minimum Gasteiger partial charge on any atom is -0.480 e. The Morgan fingerprint density at radius 1 is 1.53 bits per heavy atom. The molecule has 0 aliphatic carbocycles. The summed E-state index contributed by atoms with van der Waals surface area (Å²) in [6.45, 7) is 1.87. The van der Waals surface area contributed by atoms with Crippen molar-refractivity contribution in [2.75, 3.05) is 0 Å². The van der Waals surface area contributed by atoms with Gasteiger partial charge in [0.25, 0.3) is 0 Å². The molecule has 0 aromatic carbocycles. The number of carboxylic acid groups (broad SMARTS) is 1. The third-order valence-corrected chi connectivity index (χ3v) is 2.48. The predicted octanol–water partition coefficient (Wildman–Crippen LogP) is 1.33. The van der Waals surface area contributed by atoms with Crippen molar-refractivity contribution in [2.24, 2.45) is 5.73 Å². The fraction of sp³-hybridized carbons (Fsp3) is 0.182. The number of pyridine rings is 1. The maximum Gasteiger partial charge on any atom is 0.326 e. The summed E-state index contributed by atoms with van der Waals surface area (Å²) in [5, 5.41) is 8.90. The average molecular weight is 204 g/mol. The van der Waals surface area contributed by atoms with Crippen molar-refractivity contribution in [1.29, 1.82) is 0 Å². The normalized spacial score (nSPS) is 12.9. The summed E-state index contributed by atoms with van der Waals surface area (Å²) in [5.74, 6) is -1.01. The number of rotatable bonds is 2. The lowest BCUT2D eigenvalue weighted by Gasteiger charge is -2.08. The van der Waals surface area contributed by atoms with E-state index in [1.54, 1.807) is 0 Å². The molecule has 2 heterocycles. The van der Waals surface area contributed by atoms with E-state index in [2.05, 4.69) is 0 Å². The van der Waals surface area contributed by atoms with E-state index in [4.69, 9.17) is 10.8 Å². The van der Waals surface area contributed by atoms with E-state index >= 15 is 0 Å². The first-order valence-corrected chi connectivity index (χ1v) is 4.66. The predicted molar refractivity (Wildman–Crippen MR) is 56.7 cm³/mol. The number of carbonyl (C=O) groups is 1. The fourth-order valence-electron chi connectivity index (χ4n) is 1.79. The van der Waals surface area contributed by atoms with Crippen LogP contribution >= 0.6 is 0 Å². The molecule has 2 aromatic rings. The van der Waals surface area contributed by atoms with Gasteiger partial charge in [-0.2, -0.15) is 0 Å². The van der Waals surface area contributed by atoms with Crippen molar-refractivity contribution >= 4 is 11.5 Å². The first-order valence-electron chi connectivity index (χ1n) is 4.66. The highest BCUT2D eigenvalue weighted by Crippen LogP contribution is 2.20. The molecule has 0 saturated heterocycles. The molecule has 15 heavy (non-hydrogen) atoms. The van der Waals surface area contributed by atoms with Crippen molar-refractivity contribution in [3.8, 4) is 0 Å². The van der Waals surface area contributed by atoms with Gasteiger partial charge in [0.15, 0.2) is 0 Å². The molecule has 4 heteroatoms. The Morgan fingerprint density at radius 3 is 2.93 bits per heavy atom. The summed E-state index contributed by atoms with van der Waals surface area (Å²) >= 11 is 0. The van der Waals surface area contributed by atoms with Crippen molar-refractivity contribution in [2.45, 2.75) is 13.0 Å². The molecule has 4 nitrogen and oxygen atoms in total. The van der Waals surface area contributed by atoms with E-state index in [1.807, 2.05) is 41.8 Å². The van der Waals surface area contributed by atoms with Gasteiger partial charge in [0.05, 0.1) is 5.69 Å². The van der Waals surface area contributed by atoms with Gasteiger partial charge in [-0.05, 0) is 30.7 Å². The molecule has 0 aliphatic heterocycles. The van der Waals surface area contributed by atoms with E-state index in [0.29, 0.717) is 5.69 Å². The van der Waals surface area contributed by atoms with Crippen LogP contribution in [-0.2, 0) is 4.79 Å². The lowest BCUT2D eigenvalue weighted by molar-refractivity contribution is -0.138. The van der Waals surface area contributed by atoms with E-state index in [1.165, 1.54) is 0 Å². The molecule has 1 unspecified atom stereocenters. The van der Waals surface area contributed by atoms with E-state index < -0.39 is 12.0 Å². The first-order chi connectivity index (χ1) is 7.11. The molecule has 2 aromatic heterocycles. The Morgan fingerprint density at radius 2 is 2.27 bits per heavy atom. The molecule has 0 radical (unpaired) electrons. The second-order valence-corrected chi connectivity index (χ2v) is 3.52. The zero-order valence-corrected chi connectivity index (χ0v) is 8.34. The summed E-state index contributed by atoms with van der Waals surface area (Å²) in [5.41, 5.74) is 8.12. The Balaban J connectivity index is 2.68. The fourth-order valence-corrected chi connectivity index (χ4v) is 1.79. The molecule has 0 spiro atoms. The average Bonchev–Trinajstić information content (AvgIpc) is 2.52. The number of fused-ring (bicyclic) bond motifs is 1.